The number of fused-ring (bicyclic) bond motifs is 1. The molecule has 8 aromatic rings. The first-order valence-electron chi connectivity index (χ1n) is 23.7. The Hall–Kier alpha value is -6.60. The zero-order valence-electron chi connectivity index (χ0n) is 45.8. The summed E-state index contributed by atoms with van der Waals surface area (Å²) in [4.78, 5) is 27.0. The molecular formula is C59H70Cl4I2N12O2Zn. The van der Waals surface area contributed by atoms with E-state index in [4.69, 9.17) is 73.4 Å². The standard InChI is InChI=1S/C15H14N4.C14H12N2.C7H5IN2.C7H6N2.C7H7.C2H4O2.3C2H6.CH3ClN2.ClI.2ClH.Zn/c16-14-12-9-11(8-10-4-2-1-3-5-10)6-7-13(12)18-15(17)19-14;1-16-14-10-12(7-8-13(14)15)9-11-5-3-2-4-6-11;1-10-7-4-5(8)2-3-6(7)9;1-9-7-5-3-2-4-6(7)8;1-7-5-3-2-4-6-7;1-2(3)4;3*1-2;2-1(3)4;1-2;;;/h1-7,9H,8H2,(H4,16,17,18,19);2-8,10H,9,15H2;2-4H,9H2;2-5H,8H2;2-6H,1H2;1H3,(H,3,4);3*1-2H3;(H3,3,4);;2*1H;/q;;;;-1;;;;;;;;;+2/p-1. The van der Waals surface area contributed by atoms with Crippen molar-refractivity contribution in [3.05, 3.63) is 242 Å². The van der Waals surface area contributed by atoms with Crippen molar-refractivity contribution in [3.63, 3.8) is 0 Å². The number of halogens is 6. The molecule has 0 aliphatic heterocycles. The molecule has 14 nitrogen and oxygen atoms in total. The van der Waals surface area contributed by atoms with Crippen LogP contribution in [-0.4, -0.2) is 26.3 Å². The topological polar surface area (TPSA) is 256 Å². The molecule has 0 saturated heterocycles. The van der Waals surface area contributed by atoms with Gasteiger partial charge in [0.2, 0.25) is 23.0 Å². The summed E-state index contributed by atoms with van der Waals surface area (Å²) < 4.78 is 1.04. The summed E-state index contributed by atoms with van der Waals surface area (Å²) in [6.07, 6.45) is 1.70. The van der Waals surface area contributed by atoms with Crippen molar-refractivity contribution in [1.29, 1.82) is 5.41 Å². The number of nitrogens with two attached hydrogens (primary N) is 6. The van der Waals surface area contributed by atoms with Gasteiger partial charge in [-0.3, -0.25) is 10.2 Å². The van der Waals surface area contributed by atoms with Gasteiger partial charge in [-0.25, -0.2) is 19.5 Å². The van der Waals surface area contributed by atoms with Crippen LogP contribution in [0.15, 0.2) is 170 Å². The van der Waals surface area contributed by atoms with Gasteiger partial charge in [0.15, 0.2) is 5.29 Å². The van der Waals surface area contributed by atoms with Gasteiger partial charge in [-0.15, -0.1) is 24.5 Å². The number of aliphatic carboxylic acids is 1. The molecule has 422 valence electrons. The summed E-state index contributed by atoms with van der Waals surface area (Å²) in [5.41, 5.74) is 42.4. The molecule has 14 N–H and O–H groups in total. The van der Waals surface area contributed by atoms with E-state index in [0.717, 1.165) is 62.7 Å². The second-order valence-electron chi connectivity index (χ2n) is 14.0. The van der Waals surface area contributed by atoms with Gasteiger partial charge < -0.3 is 39.5 Å². The van der Waals surface area contributed by atoms with Crippen LogP contribution in [0.1, 0.15) is 76.3 Å². The van der Waals surface area contributed by atoms with E-state index in [1.165, 1.54) is 16.7 Å². The Morgan fingerprint density at radius 3 is 1.31 bits per heavy atom. The van der Waals surface area contributed by atoms with Crippen molar-refractivity contribution in [2.75, 3.05) is 28.7 Å². The van der Waals surface area contributed by atoms with Crippen LogP contribution in [0.2, 0.25) is 0 Å². The molecule has 0 aliphatic carbocycles. The number of hydrogen-bond acceptors (Lipinski definition) is 9. The molecule has 7 aromatic carbocycles. The van der Waals surface area contributed by atoms with Crippen LogP contribution >= 0.6 is 86.7 Å². The SMILES string of the molecule is CC.CC.CC.CC(=O)O.Cl.ClI.N=C(N)Cl.Nc1nc(N)c2cc(Cc3ccccc3)ccc2n1.[C-]#[N+]c1cc(Cc2ccccc2)ccc1N.[C-]#[N+]c1cc(I)ccc1N.[C-]#[N+]c1ccccc1N.[CH2-]c1ccccc1.[Cl][Zn+]. The monoisotopic (exact) mass is 1440 g/mol. The molecule has 0 unspecified atom stereocenters. The number of rotatable bonds is 4. The average Bonchev–Trinajstić information content (AvgIpc) is 3.46. The van der Waals surface area contributed by atoms with Crippen LogP contribution in [0, 0.1) is 35.6 Å². The third-order valence-corrected chi connectivity index (χ3v) is 9.21. The number of carboxylic acid groups (broad SMARTS) is 1. The Morgan fingerprint density at radius 1 is 0.588 bits per heavy atom. The van der Waals surface area contributed by atoms with Gasteiger partial charge >= 0.3 is 27.0 Å². The van der Waals surface area contributed by atoms with E-state index >= 15 is 0 Å². The summed E-state index contributed by atoms with van der Waals surface area (Å²) in [6.45, 7) is 37.2. The fourth-order valence-corrected chi connectivity index (χ4v) is 5.94. The van der Waals surface area contributed by atoms with E-state index in [-0.39, 0.29) is 23.7 Å². The quantitative estimate of drug-likeness (QED) is 0.0157. The first-order valence-corrected chi connectivity index (χ1v) is 31.8. The minimum absolute atomic E-state index is 0. The van der Waals surface area contributed by atoms with Crippen molar-refractivity contribution >= 4 is 155 Å². The van der Waals surface area contributed by atoms with E-state index < -0.39 is 5.97 Å². The van der Waals surface area contributed by atoms with Crippen LogP contribution in [-0.2, 0) is 34.9 Å². The molecule has 0 atom stereocenters. The zero-order chi connectivity index (χ0) is 61.1. The summed E-state index contributed by atoms with van der Waals surface area (Å²) in [5.74, 6) is -0.196. The summed E-state index contributed by atoms with van der Waals surface area (Å²) in [5, 5.41) is 13.9. The van der Waals surface area contributed by atoms with Crippen LogP contribution in [0.3, 0.4) is 0 Å². The number of nitrogen functional groups attached to an aromatic ring is 5. The fourth-order valence-electron chi connectivity index (χ4n) is 5.47. The average molecular weight is 1440 g/mol. The van der Waals surface area contributed by atoms with Crippen molar-refractivity contribution in [3.8, 4) is 0 Å². The molecule has 0 bridgehead atoms. The molecule has 80 heavy (non-hydrogen) atoms. The van der Waals surface area contributed by atoms with Crippen molar-refractivity contribution in [2.24, 2.45) is 5.73 Å². The van der Waals surface area contributed by atoms with Gasteiger partial charge in [0.1, 0.15) is 5.82 Å². The van der Waals surface area contributed by atoms with Gasteiger partial charge in [0, 0.05) is 54.4 Å². The minimum atomic E-state index is -0.833. The number of amidine groups is 1. The second-order valence-corrected chi connectivity index (χ2v) is 15.6. The number of anilines is 5. The predicted molar refractivity (Wildman–Crippen MR) is 360 cm³/mol. The third-order valence-electron chi connectivity index (χ3n) is 8.54. The number of aromatic nitrogens is 2. The summed E-state index contributed by atoms with van der Waals surface area (Å²) in [7, 11) is 9.37. The summed E-state index contributed by atoms with van der Waals surface area (Å²) >= 11 is 9.25. The Kier molecular flexibility index (Phi) is 55.9. The maximum atomic E-state index is 9.00. The van der Waals surface area contributed by atoms with E-state index in [2.05, 4.69) is 105 Å². The maximum absolute atomic E-state index is 9.00. The van der Waals surface area contributed by atoms with Crippen molar-refractivity contribution < 1.29 is 27.2 Å². The number of carbonyl (C=O) groups is 1. The van der Waals surface area contributed by atoms with E-state index in [9.17, 15) is 0 Å². The Balaban J connectivity index is -0.000000280. The van der Waals surface area contributed by atoms with E-state index in [1.807, 2.05) is 151 Å². The predicted octanol–water partition coefficient (Wildman–Crippen LogP) is 17.9. The molecule has 0 amide bonds. The molecule has 0 fully saturated rings. The van der Waals surface area contributed by atoms with E-state index in [1.54, 1.807) is 57.9 Å². The van der Waals surface area contributed by atoms with Gasteiger partial charge in [-0.1, -0.05) is 156 Å². The van der Waals surface area contributed by atoms with Crippen molar-refractivity contribution in [2.45, 2.75) is 61.3 Å². The van der Waals surface area contributed by atoms with Gasteiger partial charge in [0.25, 0.3) is 5.97 Å². The second kappa shape index (κ2) is 54.4. The summed E-state index contributed by atoms with van der Waals surface area (Å²) in [6, 6.07) is 54.4. The van der Waals surface area contributed by atoms with E-state index in [0.29, 0.717) is 39.9 Å². The number of carboxylic acids is 1. The number of benzene rings is 7. The molecule has 1 heterocycles. The molecule has 0 aliphatic rings. The molecule has 1 aromatic heterocycles. The number of nitrogens with zero attached hydrogens (tertiary/aromatic N) is 5. The van der Waals surface area contributed by atoms with Gasteiger partial charge in [-0.2, -0.15) is 29.6 Å². The van der Waals surface area contributed by atoms with Crippen molar-refractivity contribution in [1.82, 2.24) is 9.97 Å². The molecular weight excluding hydrogens is 1370 g/mol. The van der Waals surface area contributed by atoms with Crippen LogP contribution in [0.25, 0.3) is 25.4 Å². The molecule has 0 radical (unpaired) electrons. The molecule has 0 spiro atoms. The number of nitrogens with one attached hydrogen (secondary N) is 1. The Morgan fingerprint density at radius 2 is 0.938 bits per heavy atom. The Bertz CT molecular complexity index is 3010. The third kappa shape index (κ3) is 40.6. The van der Waals surface area contributed by atoms with Gasteiger partial charge in [-0.05, 0) is 109 Å². The number of para-hydroxylation sites is 2. The zero-order valence-corrected chi connectivity index (χ0v) is 56.2. The first-order chi connectivity index (χ1) is 37.9. The number of hydrogen-bond donors (Lipinski definition) is 8. The molecule has 21 heteroatoms. The van der Waals surface area contributed by atoms with Gasteiger partial charge in [0.05, 0.1) is 25.2 Å². The normalized spacial score (nSPS) is 8.29. The van der Waals surface area contributed by atoms with Crippen LogP contribution < -0.4 is 34.4 Å². The fraction of sp³-hybridized carbons (Fsp3) is 0.153. The first kappa shape index (κ1) is 82.2. The Labute approximate surface area is 530 Å². The molecule has 8 rings (SSSR count). The van der Waals surface area contributed by atoms with Crippen LogP contribution in [0.5, 0.6) is 0 Å². The molecule has 0 saturated carbocycles. The van der Waals surface area contributed by atoms with Crippen LogP contribution in [0.4, 0.5) is 45.9 Å².